The Balaban J connectivity index is 1.52. The predicted octanol–water partition coefficient (Wildman–Crippen LogP) is 6.15. The fraction of sp³-hybridized carbons (Fsp3) is 0.179. The van der Waals surface area contributed by atoms with E-state index in [0.717, 1.165) is 27.4 Å². The van der Waals surface area contributed by atoms with Crippen LogP contribution < -0.4 is 0 Å². The zero-order valence-corrected chi connectivity index (χ0v) is 19.4. The average molecular weight is 459 g/mol. The van der Waals surface area contributed by atoms with Crippen LogP contribution >= 0.6 is 11.6 Å². The number of nitrogens with zero attached hydrogens (tertiary/aromatic N) is 2. The molecule has 1 heterocycles. The van der Waals surface area contributed by atoms with Gasteiger partial charge in [-0.2, -0.15) is 0 Å². The number of carbonyl (C=O) groups excluding carboxylic acids is 1. The van der Waals surface area contributed by atoms with E-state index in [-0.39, 0.29) is 5.91 Å². The predicted molar refractivity (Wildman–Crippen MR) is 133 cm³/mol. The summed E-state index contributed by atoms with van der Waals surface area (Å²) in [6.07, 6.45) is 2.03. The molecule has 5 heteroatoms. The highest BCUT2D eigenvalue weighted by molar-refractivity contribution is 6.30. The summed E-state index contributed by atoms with van der Waals surface area (Å²) in [4.78, 5) is 15.2. The van der Waals surface area contributed by atoms with Crippen LogP contribution in [0.5, 0.6) is 0 Å². The normalized spacial score (nSPS) is 10.8. The molecular weight excluding hydrogens is 432 g/mol. The minimum absolute atomic E-state index is 0.0119. The van der Waals surface area contributed by atoms with Gasteiger partial charge >= 0.3 is 0 Å². The Kier molecular flexibility index (Phi) is 7.61. The van der Waals surface area contributed by atoms with E-state index in [2.05, 4.69) is 28.8 Å². The second-order valence-electron chi connectivity index (χ2n) is 7.92. The van der Waals surface area contributed by atoms with Crippen molar-refractivity contribution in [3.05, 3.63) is 119 Å². The second kappa shape index (κ2) is 11.0. The minimum Gasteiger partial charge on any atom is -0.383 e. The molecule has 0 aliphatic heterocycles. The van der Waals surface area contributed by atoms with Gasteiger partial charge in [-0.3, -0.25) is 4.79 Å². The van der Waals surface area contributed by atoms with Crippen LogP contribution in [0.15, 0.2) is 97.2 Å². The van der Waals surface area contributed by atoms with Gasteiger partial charge in [-0.1, -0.05) is 66.2 Å². The fourth-order valence-electron chi connectivity index (χ4n) is 3.85. The van der Waals surface area contributed by atoms with E-state index in [4.69, 9.17) is 16.3 Å². The van der Waals surface area contributed by atoms with Crippen LogP contribution in [0.1, 0.15) is 21.6 Å². The zero-order valence-electron chi connectivity index (χ0n) is 18.7. The van der Waals surface area contributed by atoms with Gasteiger partial charge in [-0.15, -0.1) is 0 Å². The highest BCUT2D eigenvalue weighted by Crippen LogP contribution is 2.21. The standard InChI is InChI=1S/C28H27ClN2O2/c1-33-18-17-31(21-27-11-6-16-30(27)20-22-7-5-10-26(29)19-22)28(32)25-14-12-24(13-15-25)23-8-3-2-4-9-23/h2-16,19H,17-18,20-21H2,1H3. The molecule has 4 nitrogen and oxygen atoms in total. The molecule has 0 unspecified atom stereocenters. The van der Waals surface area contributed by atoms with Gasteiger partial charge in [0.15, 0.2) is 0 Å². The first-order valence-corrected chi connectivity index (χ1v) is 11.3. The molecule has 1 aromatic heterocycles. The van der Waals surface area contributed by atoms with E-state index in [1.807, 2.05) is 77.8 Å². The fourth-order valence-corrected chi connectivity index (χ4v) is 4.06. The lowest BCUT2D eigenvalue weighted by atomic mass is 10.0. The van der Waals surface area contributed by atoms with Crippen molar-refractivity contribution in [1.29, 1.82) is 0 Å². The van der Waals surface area contributed by atoms with Gasteiger partial charge in [0.25, 0.3) is 5.91 Å². The molecule has 0 bridgehead atoms. The van der Waals surface area contributed by atoms with Crippen LogP contribution in [0, 0.1) is 0 Å². The minimum atomic E-state index is -0.0119. The lowest BCUT2D eigenvalue weighted by Gasteiger charge is -2.24. The summed E-state index contributed by atoms with van der Waals surface area (Å²) in [5.41, 5.74) is 5.06. The van der Waals surface area contributed by atoms with Gasteiger partial charge in [0, 0.05) is 42.7 Å². The molecule has 33 heavy (non-hydrogen) atoms. The lowest BCUT2D eigenvalue weighted by molar-refractivity contribution is 0.0676. The van der Waals surface area contributed by atoms with Crippen molar-refractivity contribution >= 4 is 17.5 Å². The third-order valence-electron chi connectivity index (χ3n) is 5.61. The van der Waals surface area contributed by atoms with Crippen molar-refractivity contribution < 1.29 is 9.53 Å². The first-order valence-electron chi connectivity index (χ1n) is 11.0. The van der Waals surface area contributed by atoms with E-state index < -0.39 is 0 Å². The first-order chi connectivity index (χ1) is 16.1. The Morgan fingerprint density at radius 1 is 0.909 bits per heavy atom. The topological polar surface area (TPSA) is 34.5 Å². The Bertz CT molecular complexity index is 1190. The number of rotatable bonds is 9. The second-order valence-corrected chi connectivity index (χ2v) is 8.36. The highest BCUT2D eigenvalue weighted by Gasteiger charge is 2.18. The van der Waals surface area contributed by atoms with Crippen LogP contribution in [0.2, 0.25) is 5.02 Å². The zero-order chi connectivity index (χ0) is 23.0. The van der Waals surface area contributed by atoms with Crippen LogP contribution in [0.4, 0.5) is 0 Å². The van der Waals surface area contributed by atoms with Crippen LogP contribution in [0.3, 0.4) is 0 Å². The maximum absolute atomic E-state index is 13.4. The van der Waals surface area contributed by atoms with Crippen molar-refractivity contribution in [3.8, 4) is 11.1 Å². The Morgan fingerprint density at radius 3 is 2.39 bits per heavy atom. The molecule has 0 fully saturated rings. The van der Waals surface area contributed by atoms with E-state index in [9.17, 15) is 4.79 Å². The number of carbonyl (C=O) groups is 1. The first kappa shape index (κ1) is 22.8. The summed E-state index contributed by atoms with van der Waals surface area (Å²) in [5.74, 6) is -0.0119. The van der Waals surface area contributed by atoms with E-state index in [1.165, 1.54) is 0 Å². The molecule has 1 amide bonds. The summed E-state index contributed by atoms with van der Waals surface area (Å²) in [5, 5.41) is 0.719. The number of aromatic nitrogens is 1. The summed E-state index contributed by atoms with van der Waals surface area (Å²) in [7, 11) is 1.65. The number of hydrogen-bond donors (Lipinski definition) is 0. The molecule has 0 aliphatic carbocycles. The Morgan fingerprint density at radius 2 is 1.67 bits per heavy atom. The molecule has 0 N–H and O–H groups in total. The molecule has 0 atom stereocenters. The smallest absolute Gasteiger partial charge is 0.254 e. The third-order valence-corrected chi connectivity index (χ3v) is 5.84. The number of methoxy groups -OCH3 is 1. The number of halogens is 1. The van der Waals surface area contributed by atoms with Crippen molar-refractivity contribution in [1.82, 2.24) is 9.47 Å². The Hall–Kier alpha value is -3.34. The maximum atomic E-state index is 13.4. The third kappa shape index (κ3) is 5.92. The van der Waals surface area contributed by atoms with Gasteiger partial charge in [0.2, 0.25) is 0 Å². The molecule has 0 saturated carbocycles. The van der Waals surface area contributed by atoms with E-state index in [1.54, 1.807) is 7.11 Å². The molecule has 0 radical (unpaired) electrons. The van der Waals surface area contributed by atoms with Crippen molar-refractivity contribution in [2.24, 2.45) is 0 Å². The summed E-state index contributed by atoms with van der Waals surface area (Å²) >= 11 is 6.15. The van der Waals surface area contributed by atoms with Crippen molar-refractivity contribution in [3.63, 3.8) is 0 Å². The number of ether oxygens (including phenoxy) is 1. The monoisotopic (exact) mass is 458 g/mol. The van der Waals surface area contributed by atoms with Gasteiger partial charge in [-0.05, 0) is 53.1 Å². The molecule has 0 spiro atoms. The number of hydrogen-bond acceptors (Lipinski definition) is 2. The molecule has 3 aromatic carbocycles. The van der Waals surface area contributed by atoms with E-state index >= 15 is 0 Å². The average Bonchev–Trinajstić information content (AvgIpc) is 3.28. The van der Waals surface area contributed by atoms with Crippen LogP contribution in [-0.2, 0) is 17.8 Å². The lowest BCUT2D eigenvalue weighted by Crippen LogP contribution is -2.34. The van der Waals surface area contributed by atoms with Gasteiger partial charge in [0.05, 0.1) is 13.2 Å². The molecule has 4 aromatic rings. The number of amides is 1. The van der Waals surface area contributed by atoms with E-state index in [0.29, 0.717) is 31.8 Å². The number of benzene rings is 3. The summed E-state index contributed by atoms with van der Waals surface area (Å²) < 4.78 is 7.43. The molecule has 168 valence electrons. The molecule has 0 saturated heterocycles. The van der Waals surface area contributed by atoms with Gasteiger partial charge in [-0.25, -0.2) is 0 Å². The van der Waals surface area contributed by atoms with Crippen molar-refractivity contribution in [2.75, 3.05) is 20.3 Å². The summed E-state index contributed by atoms with van der Waals surface area (Å²) in [6, 6.07) is 29.9. The molecule has 4 rings (SSSR count). The Labute approximate surface area is 200 Å². The summed E-state index contributed by atoms with van der Waals surface area (Å²) in [6.45, 7) is 2.18. The largest absolute Gasteiger partial charge is 0.383 e. The van der Waals surface area contributed by atoms with Gasteiger partial charge < -0.3 is 14.2 Å². The highest BCUT2D eigenvalue weighted by atomic mass is 35.5. The van der Waals surface area contributed by atoms with Crippen molar-refractivity contribution in [2.45, 2.75) is 13.1 Å². The van der Waals surface area contributed by atoms with Crippen LogP contribution in [0.25, 0.3) is 11.1 Å². The van der Waals surface area contributed by atoms with Gasteiger partial charge in [0.1, 0.15) is 0 Å². The van der Waals surface area contributed by atoms with Crippen LogP contribution in [-0.4, -0.2) is 35.6 Å². The molecular formula is C28H27ClN2O2. The molecule has 0 aliphatic rings. The maximum Gasteiger partial charge on any atom is 0.254 e. The SMILES string of the molecule is COCCN(Cc1cccn1Cc1cccc(Cl)c1)C(=O)c1ccc(-c2ccccc2)cc1. The quantitative estimate of drug-likeness (QED) is 0.301.